The highest BCUT2D eigenvalue weighted by molar-refractivity contribution is 9.10. The van der Waals surface area contributed by atoms with Crippen LogP contribution in [0, 0.1) is 0 Å². The second-order valence-corrected chi connectivity index (χ2v) is 6.99. The number of halogens is 1. The van der Waals surface area contributed by atoms with Crippen molar-refractivity contribution in [3.8, 4) is 5.75 Å². The fourth-order valence-corrected chi connectivity index (χ4v) is 2.58. The van der Waals surface area contributed by atoms with Crippen LogP contribution in [0.4, 0.5) is 0 Å². The van der Waals surface area contributed by atoms with Gasteiger partial charge in [-0.3, -0.25) is 4.79 Å². The van der Waals surface area contributed by atoms with Crippen LogP contribution in [0.2, 0.25) is 0 Å². The van der Waals surface area contributed by atoms with Crippen molar-refractivity contribution in [2.45, 2.75) is 26.7 Å². The largest absolute Gasteiger partial charge is 0.507 e. The Morgan fingerprint density at radius 3 is 2.52 bits per heavy atom. The van der Waals surface area contributed by atoms with Gasteiger partial charge in [0.2, 0.25) is 0 Å². The maximum Gasteiger partial charge on any atom is 0.275 e. The lowest BCUT2D eigenvalue weighted by Gasteiger charge is -2.05. The Labute approximate surface area is 156 Å². The number of phenols is 1. The summed E-state index contributed by atoms with van der Waals surface area (Å²) in [5, 5.41) is 13.7. The van der Waals surface area contributed by atoms with E-state index >= 15 is 0 Å². The van der Waals surface area contributed by atoms with Gasteiger partial charge in [0.25, 0.3) is 5.91 Å². The quantitative estimate of drug-likeness (QED) is 0.541. The molecule has 0 aliphatic rings. The highest BCUT2D eigenvalue weighted by Gasteiger charge is 2.10. The van der Waals surface area contributed by atoms with Gasteiger partial charge >= 0.3 is 0 Å². The molecule has 2 N–H and O–H groups in total. The molecule has 0 fully saturated rings. The minimum Gasteiger partial charge on any atom is -0.507 e. The number of nitrogens with zero attached hydrogens (tertiary/aromatic N) is 1. The number of rotatable bonds is 5. The summed E-state index contributed by atoms with van der Waals surface area (Å²) in [6, 6.07) is 13.0. The first-order chi connectivity index (χ1) is 11.9. The highest BCUT2D eigenvalue weighted by atomic mass is 79.9. The maximum atomic E-state index is 12.0. The molecule has 25 heavy (non-hydrogen) atoms. The Hall–Kier alpha value is -2.40. The predicted molar refractivity (Wildman–Crippen MR) is 106 cm³/mol. The first-order valence-electron chi connectivity index (χ1n) is 7.97. The molecule has 0 aliphatic heterocycles. The molecule has 0 aliphatic carbocycles. The molecule has 0 aromatic heterocycles. The molecule has 1 amide bonds. The third-order valence-corrected chi connectivity index (χ3v) is 4.13. The molecule has 0 atom stereocenters. The van der Waals surface area contributed by atoms with Crippen LogP contribution in [0.5, 0.6) is 5.75 Å². The molecule has 0 radical (unpaired) electrons. The standard InChI is InChI=1S/C20H21BrN2O2/c1-13(2)16-6-4-15(5-7-16)10-14(3)12-22-23-20(25)18-11-17(21)8-9-19(18)24/h4-13,24H,1-3H3,(H,23,25)/b14-10-,22-12?. The van der Waals surface area contributed by atoms with Crippen molar-refractivity contribution in [2.75, 3.05) is 0 Å². The summed E-state index contributed by atoms with van der Waals surface area (Å²) >= 11 is 3.27. The van der Waals surface area contributed by atoms with Gasteiger partial charge in [-0.2, -0.15) is 5.10 Å². The maximum absolute atomic E-state index is 12.0. The molecule has 5 heteroatoms. The van der Waals surface area contributed by atoms with E-state index in [2.05, 4.69) is 64.6 Å². The lowest BCUT2D eigenvalue weighted by Crippen LogP contribution is -2.17. The molecule has 0 spiro atoms. The third kappa shape index (κ3) is 5.57. The number of hydrogen-bond donors (Lipinski definition) is 2. The van der Waals surface area contributed by atoms with Crippen LogP contribution in [0.3, 0.4) is 0 Å². The fraction of sp³-hybridized carbons (Fsp3) is 0.200. The van der Waals surface area contributed by atoms with Gasteiger partial charge in [-0.1, -0.05) is 60.1 Å². The van der Waals surface area contributed by atoms with Crippen LogP contribution in [-0.4, -0.2) is 17.2 Å². The van der Waals surface area contributed by atoms with Crippen LogP contribution < -0.4 is 5.43 Å². The van der Waals surface area contributed by atoms with E-state index in [0.29, 0.717) is 10.4 Å². The topological polar surface area (TPSA) is 61.7 Å². The van der Waals surface area contributed by atoms with Crippen molar-refractivity contribution in [1.29, 1.82) is 0 Å². The van der Waals surface area contributed by atoms with E-state index < -0.39 is 5.91 Å². The Morgan fingerprint density at radius 1 is 1.20 bits per heavy atom. The molecule has 0 bridgehead atoms. The number of nitrogens with one attached hydrogen (secondary N) is 1. The molecule has 130 valence electrons. The molecule has 4 nitrogen and oxygen atoms in total. The minimum absolute atomic E-state index is 0.0894. The van der Waals surface area contributed by atoms with E-state index in [4.69, 9.17) is 0 Å². The normalized spacial score (nSPS) is 12.0. The van der Waals surface area contributed by atoms with Crippen molar-refractivity contribution >= 4 is 34.1 Å². The minimum atomic E-state index is -0.468. The monoisotopic (exact) mass is 400 g/mol. The van der Waals surface area contributed by atoms with E-state index in [1.54, 1.807) is 18.3 Å². The summed E-state index contributed by atoms with van der Waals surface area (Å²) < 4.78 is 0.709. The zero-order valence-corrected chi connectivity index (χ0v) is 16.0. The van der Waals surface area contributed by atoms with Gasteiger partial charge < -0.3 is 5.11 Å². The lowest BCUT2D eigenvalue weighted by atomic mass is 10.0. The number of carbonyl (C=O) groups excluding carboxylic acids is 1. The SMILES string of the molecule is C/C(C=NNC(=O)c1cc(Br)ccc1O)=C/c1ccc(C(C)C)cc1. The first kappa shape index (κ1) is 18.9. The summed E-state index contributed by atoms with van der Waals surface area (Å²) in [6.07, 6.45) is 3.56. The summed E-state index contributed by atoms with van der Waals surface area (Å²) in [4.78, 5) is 12.0. The van der Waals surface area contributed by atoms with Crippen molar-refractivity contribution in [3.05, 3.63) is 69.2 Å². The van der Waals surface area contributed by atoms with E-state index in [1.165, 1.54) is 11.6 Å². The summed E-state index contributed by atoms with van der Waals surface area (Å²) in [7, 11) is 0. The Balaban J connectivity index is 2.00. The molecule has 2 rings (SSSR count). The molecule has 0 saturated carbocycles. The lowest BCUT2D eigenvalue weighted by molar-refractivity contribution is 0.0952. The van der Waals surface area contributed by atoms with E-state index in [0.717, 1.165) is 11.1 Å². The van der Waals surface area contributed by atoms with Gasteiger partial charge in [-0.15, -0.1) is 0 Å². The summed E-state index contributed by atoms with van der Waals surface area (Å²) in [5.74, 6) is -0.0529. The van der Waals surface area contributed by atoms with E-state index in [9.17, 15) is 9.90 Å². The van der Waals surface area contributed by atoms with Crippen LogP contribution >= 0.6 is 15.9 Å². The molecule has 2 aromatic rings. The van der Waals surface area contributed by atoms with Gasteiger partial charge in [0.05, 0.1) is 11.8 Å². The number of hydrazone groups is 1. The van der Waals surface area contributed by atoms with Gasteiger partial charge in [-0.25, -0.2) is 5.43 Å². The zero-order valence-electron chi connectivity index (χ0n) is 14.5. The number of phenolic OH excluding ortho intramolecular Hbond substituents is 1. The Kier molecular flexibility index (Phi) is 6.53. The Morgan fingerprint density at radius 2 is 1.88 bits per heavy atom. The van der Waals surface area contributed by atoms with Crippen molar-refractivity contribution in [2.24, 2.45) is 5.10 Å². The van der Waals surface area contributed by atoms with Crippen LogP contribution in [-0.2, 0) is 0 Å². The fourth-order valence-electron chi connectivity index (χ4n) is 2.22. The molecular weight excluding hydrogens is 380 g/mol. The van der Waals surface area contributed by atoms with E-state index in [1.807, 2.05) is 13.0 Å². The smallest absolute Gasteiger partial charge is 0.275 e. The number of amides is 1. The average Bonchev–Trinajstić information content (AvgIpc) is 2.57. The number of aromatic hydroxyl groups is 1. The molecule has 0 saturated heterocycles. The van der Waals surface area contributed by atoms with Crippen LogP contribution in [0.1, 0.15) is 48.2 Å². The van der Waals surface area contributed by atoms with Gasteiger partial charge in [0.1, 0.15) is 5.75 Å². The average molecular weight is 401 g/mol. The van der Waals surface area contributed by atoms with Crippen molar-refractivity contribution < 1.29 is 9.90 Å². The van der Waals surface area contributed by atoms with Gasteiger partial charge in [0, 0.05) is 4.47 Å². The third-order valence-electron chi connectivity index (χ3n) is 3.63. The number of carbonyl (C=O) groups is 1. The zero-order chi connectivity index (χ0) is 18.4. The second kappa shape index (κ2) is 8.62. The van der Waals surface area contributed by atoms with E-state index in [-0.39, 0.29) is 11.3 Å². The number of benzene rings is 2. The predicted octanol–water partition coefficient (Wildman–Crippen LogP) is 5.10. The van der Waals surface area contributed by atoms with Gasteiger partial charge in [-0.05, 0) is 47.7 Å². The second-order valence-electron chi connectivity index (χ2n) is 6.07. The first-order valence-corrected chi connectivity index (χ1v) is 8.76. The number of allylic oxidation sites excluding steroid dienone is 1. The van der Waals surface area contributed by atoms with Crippen molar-refractivity contribution in [1.82, 2.24) is 5.43 Å². The molecular formula is C20H21BrN2O2. The van der Waals surface area contributed by atoms with Crippen LogP contribution in [0.25, 0.3) is 6.08 Å². The summed E-state index contributed by atoms with van der Waals surface area (Å²) in [5.41, 5.74) is 5.85. The Bertz CT molecular complexity index is 809. The van der Waals surface area contributed by atoms with Gasteiger partial charge in [0.15, 0.2) is 0 Å². The summed E-state index contributed by atoms with van der Waals surface area (Å²) in [6.45, 7) is 6.23. The van der Waals surface area contributed by atoms with Crippen LogP contribution in [0.15, 0.2) is 57.6 Å². The molecule has 0 unspecified atom stereocenters. The highest BCUT2D eigenvalue weighted by Crippen LogP contribution is 2.21. The molecule has 0 heterocycles. The molecule has 2 aromatic carbocycles. The van der Waals surface area contributed by atoms with Crippen molar-refractivity contribution in [3.63, 3.8) is 0 Å². The number of hydrogen-bond acceptors (Lipinski definition) is 3.